The molecule has 2 aromatic carbocycles. The number of fused-ring (bicyclic) bond motifs is 1. The van der Waals surface area contributed by atoms with E-state index in [9.17, 15) is 0 Å². The molecule has 0 spiro atoms. The highest BCUT2D eigenvalue weighted by atomic mass is 127. The maximum Gasteiger partial charge on any atom is 0.191 e. The van der Waals surface area contributed by atoms with Crippen molar-refractivity contribution in [2.24, 2.45) is 4.99 Å². The Morgan fingerprint density at radius 1 is 1.19 bits per heavy atom. The molecule has 1 heterocycles. The van der Waals surface area contributed by atoms with E-state index in [4.69, 9.17) is 10.00 Å². The van der Waals surface area contributed by atoms with E-state index in [1.165, 1.54) is 11.1 Å². The van der Waals surface area contributed by atoms with Crippen molar-refractivity contribution in [3.05, 3.63) is 64.7 Å². The van der Waals surface area contributed by atoms with Gasteiger partial charge in [-0.05, 0) is 41.3 Å². The Morgan fingerprint density at radius 3 is 2.88 bits per heavy atom. The number of ether oxygens (including phenoxy) is 1. The van der Waals surface area contributed by atoms with Gasteiger partial charge in [-0.3, -0.25) is 4.99 Å². The molecular weight excluding hydrogens is 439 g/mol. The number of hydrogen-bond donors (Lipinski definition) is 2. The van der Waals surface area contributed by atoms with Crippen molar-refractivity contribution in [3.63, 3.8) is 0 Å². The summed E-state index contributed by atoms with van der Waals surface area (Å²) >= 11 is 0. The van der Waals surface area contributed by atoms with Crippen LogP contribution in [0.5, 0.6) is 5.75 Å². The van der Waals surface area contributed by atoms with Gasteiger partial charge in [0.05, 0.1) is 18.2 Å². The van der Waals surface area contributed by atoms with Gasteiger partial charge in [0, 0.05) is 26.6 Å². The number of nitriles is 1. The van der Waals surface area contributed by atoms with E-state index in [2.05, 4.69) is 39.9 Å². The highest BCUT2D eigenvalue weighted by molar-refractivity contribution is 14.0. The summed E-state index contributed by atoms with van der Waals surface area (Å²) in [6, 6.07) is 16.1. The van der Waals surface area contributed by atoms with Crippen molar-refractivity contribution in [1.29, 1.82) is 5.26 Å². The monoisotopic (exact) mass is 462 g/mol. The number of aliphatic imine (C=N–C) groups is 1. The zero-order valence-electron chi connectivity index (χ0n) is 14.8. The van der Waals surface area contributed by atoms with E-state index >= 15 is 0 Å². The molecule has 0 radical (unpaired) electrons. The van der Waals surface area contributed by atoms with Crippen LogP contribution in [0.4, 0.5) is 0 Å². The van der Waals surface area contributed by atoms with Crippen LogP contribution in [0.15, 0.2) is 47.5 Å². The van der Waals surface area contributed by atoms with Crippen LogP contribution >= 0.6 is 24.0 Å². The molecule has 0 bridgehead atoms. The first-order valence-electron chi connectivity index (χ1n) is 8.46. The van der Waals surface area contributed by atoms with E-state index in [1.54, 1.807) is 13.1 Å². The SMILES string of the molecule is CN=C(NCCc1ccc2c(c1)CCO2)NCc1cccc(C#N)c1.I. The molecule has 0 aromatic heterocycles. The largest absolute Gasteiger partial charge is 0.493 e. The second-order valence-corrected chi connectivity index (χ2v) is 5.96. The number of guanidine groups is 1. The number of nitrogens with one attached hydrogen (secondary N) is 2. The van der Waals surface area contributed by atoms with Crippen LogP contribution in [0.3, 0.4) is 0 Å². The summed E-state index contributed by atoms with van der Waals surface area (Å²) in [5.74, 6) is 1.78. The Bertz CT molecular complexity index is 814. The lowest BCUT2D eigenvalue weighted by Crippen LogP contribution is -2.37. The first kappa shape index (κ1) is 20.0. The van der Waals surface area contributed by atoms with Gasteiger partial charge in [-0.25, -0.2) is 0 Å². The molecule has 0 aliphatic carbocycles. The Morgan fingerprint density at radius 2 is 2.08 bits per heavy atom. The van der Waals surface area contributed by atoms with Crippen molar-refractivity contribution in [3.8, 4) is 11.8 Å². The number of nitrogens with zero attached hydrogens (tertiary/aromatic N) is 2. The highest BCUT2D eigenvalue weighted by Crippen LogP contribution is 2.25. The highest BCUT2D eigenvalue weighted by Gasteiger charge is 2.11. The van der Waals surface area contributed by atoms with Gasteiger partial charge in [0.25, 0.3) is 0 Å². The minimum atomic E-state index is 0. The van der Waals surface area contributed by atoms with Crippen LogP contribution in [0, 0.1) is 11.3 Å². The predicted octanol–water partition coefficient (Wildman–Crippen LogP) is 3.02. The van der Waals surface area contributed by atoms with Gasteiger partial charge in [-0.15, -0.1) is 24.0 Å². The van der Waals surface area contributed by atoms with Crippen LogP contribution < -0.4 is 15.4 Å². The molecule has 136 valence electrons. The summed E-state index contributed by atoms with van der Waals surface area (Å²) in [5.41, 5.74) is 4.33. The molecular formula is C20H23IN4O. The number of benzene rings is 2. The minimum absolute atomic E-state index is 0. The Hall–Kier alpha value is -2.27. The predicted molar refractivity (Wildman–Crippen MR) is 114 cm³/mol. The van der Waals surface area contributed by atoms with Gasteiger partial charge < -0.3 is 15.4 Å². The van der Waals surface area contributed by atoms with E-state index < -0.39 is 0 Å². The first-order chi connectivity index (χ1) is 12.3. The molecule has 0 unspecified atom stereocenters. The van der Waals surface area contributed by atoms with Gasteiger partial charge in [0.15, 0.2) is 5.96 Å². The molecule has 0 atom stereocenters. The molecule has 0 saturated heterocycles. The molecule has 0 fully saturated rings. The molecule has 3 rings (SSSR count). The van der Waals surface area contributed by atoms with Crippen molar-refractivity contribution < 1.29 is 4.74 Å². The second-order valence-electron chi connectivity index (χ2n) is 5.96. The summed E-state index contributed by atoms with van der Waals surface area (Å²) in [6.45, 7) is 2.23. The van der Waals surface area contributed by atoms with Crippen LogP contribution in [0.25, 0.3) is 0 Å². The fourth-order valence-electron chi connectivity index (χ4n) is 2.88. The van der Waals surface area contributed by atoms with E-state index in [0.29, 0.717) is 12.1 Å². The Kier molecular flexibility index (Phi) is 7.73. The maximum atomic E-state index is 8.95. The van der Waals surface area contributed by atoms with Gasteiger partial charge in [-0.1, -0.05) is 24.3 Å². The van der Waals surface area contributed by atoms with Crippen molar-refractivity contribution >= 4 is 29.9 Å². The van der Waals surface area contributed by atoms with Gasteiger partial charge in [0.2, 0.25) is 0 Å². The summed E-state index contributed by atoms with van der Waals surface area (Å²) in [5, 5.41) is 15.6. The molecule has 1 aliphatic heterocycles. The van der Waals surface area contributed by atoms with Crippen LogP contribution in [-0.4, -0.2) is 26.2 Å². The molecule has 1 aliphatic rings. The Labute approximate surface area is 171 Å². The summed E-state index contributed by atoms with van der Waals surface area (Å²) in [7, 11) is 1.76. The molecule has 6 heteroatoms. The van der Waals surface area contributed by atoms with Crippen molar-refractivity contribution in [2.45, 2.75) is 19.4 Å². The smallest absolute Gasteiger partial charge is 0.191 e. The van der Waals surface area contributed by atoms with Crippen molar-refractivity contribution in [2.75, 3.05) is 20.2 Å². The number of rotatable bonds is 5. The second kappa shape index (κ2) is 10.0. The topological polar surface area (TPSA) is 69.4 Å². The summed E-state index contributed by atoms with van der Waals surface area (Å²) < 4.78 is 5.54. The number of hydrogen-bond acceptors (Lipinski definition) is 3. The average Bonchev–Trinajstić information content (AvgIpc) is 3.12. The van der Waals surface area contributed by atoms with Crippen LogP contribution in [0.1, 0.15) is 22.3 Å². The lowest BCUT2D eigenvalue weighted by molar-refractivity contribution is 0.357. The lowest BCUT2D eigenvalue weighted by Gasteiger charge is -2.12. The zero-order chi connectivity index (χ0) is 17.5. The molecule has 2 aromatic rings. The minimum Gasteiger partial charge on any atom is -0.493 e. The van der Waals surface area contributed by atoms with Gasteiger partial charge >= 0.3 is 0 Å². The fraction of sp³-hybridized carbons (Fsp3) is 0.300. The van der Waals surface area contributed by atoms with Crippen molar-refractivity contribution in [1.82, 2.24) is 10.6 Å². The maximum absolute atomic E-state index is 8.95. The summed E-state index contributed by atoms with van der Waals surface area (Å²) in [6.07, 6.45) is 1.93. The fourth-order valence-corrected chi connectivity index (χ4v) is 2.88. The van der Waals surface area contributed by atoms with Crippen LogP contribution in [0.2, 0.25) is 0 Å². The molecule has 5 nitrogen and oxygen atoms in total. The molecule has 0 amide bonds. The van der Waals surface area contributed by atoms with Gasteiger partial charge in [-0.2, -0.15) is 5.26 Å². The summed E-state index contributed by atoms with van der Waals surface area (Å²) in [4.78, 5) is 4.24. The molecule has 26 heavy (non-hydrogen) atoms. The third-order valence-electron chi connectivity index (χ3n) is 4.20. The lowest BCUT2D eigenvalue weighted by atomic mass is 10.1. The van der Waals surface area contributed by atoms with Crippen LogP contribution in [-0.2, 0) is 19.4 Å². The quantitative estimate of drug-likeness (QED) is 0.407. The molecule has 2 N–H and O–H groups in total. The normalized spacial score (nSPS) is 12.4. The first-order valence-corrected chi connectivity index (χ1v) is 8.46. The Balaban J connectivity index is 0.00000243. The third-order valence-corrected chi connectivity index (χ3v) is 4.20. The third kappa shape index (κ3) is 5.36. The standard InChI is InChI=1S/C20H22N4O.HI/c1-22-20(24-14-17-4-2-3-16(11-17)13-21)23-9-7-15-5-6-19-18(12-15)8-10-25-19;/h2-6,11-12H,7-10,14H2,1H3,(H2,22,23,24);1H. The van der Waals surface area contributed by atoms with E-state index in [-0.39, 0.29) is 24.0 Å². The number of halogens is 1. The van der Waals surface area contributed by atoms with E-state index in [0.717, 1.165) is 43.3 Å². The molecule has 0 saturated carbocycles. The zero-order valence-corrected chi connectivity index (χ0v) is 17.1. The van der Waals surface area contributed by atoms with E-state index in [1.807, 2.05) is 18.2 Å². The van der Waals surface area contributed by atoms with Gasteiger partial charge in [0.1, 0.15) is 5.75 Å². The average molecular weight is 462 g/mol.